The molecule has 0 aliphatic carbocycles. The molecule has 4 heteroatoms. The highest BCUT2D eigenvalue weighted by Crippen LogP contribution is 2.26. The standard InChI is InChI=1S/C16H21ClN2O/c1-2-11-19-16(14(17)12-18-19)15(20)10-6-9-13-7-4-3-5-8-13/h3-5,7-8,12,15,20H,2,6,9-11H2,1H3. The fraction of sp³-hybridized carbons (Fsp3) is 0.438. The van der Waals surface area contributed by atoms with Gasteiger partial charge in [0.1, 0.15) is 0 Å². The summed E-state index contributed by atoms with van der Waals surface area (Å²) in [6.45, 7) is 2.87. The first kappa shape index (κ1) is 15.1. The minimum atomic E-state index is -0.541. The lowest BCUT2D eigenvalue weighted by Crippen LogP contribution is -2.10. The Hall–Kier alpha value is -1.32. The van der Waals surface area contributed by atoms with E-state index in [1.807, 2.05) is 22.9 Å². The molecule has 0 saturated carbocycles. The van der Waals surface area contributed by atoms with Crippen molar-refractivity contribution in [1.82, 2.24) is 9.78 Å². The van der Waals surface area contributed by atoms with Gasteiger partial charge in [0.2, 0.25) is 0 Å². The maximum absolute atomic E-state index is 10.3. The van der Waals surface area contributed by atoms with Gasteiger partial charge in [-0.1, -0.05) is 48.9 Å². The molecular weight excluding hydrogens is 272 g/mol. The van der Waals surface area contributed by atoms with Crippen LogP contribution in [0.4, 0.5) is 0 Å². The molecule has 0 amide bonds. The Morgan fingerprint density at radius 2 is 2.05 bits per heavy atom. The Labute approximate surface area is 125 Å². The van der Waals surface area contributed by atoms with Crippen LogP contribution in [-0.2, 0) is 13.0 Å². The predicted molar refractivity (Wildman–Crippen MR) is 81.9 cm³/mol. The lowest BCUT2D eigenvalue weighted by Gasteiger charge is -2.13. The average molecular weight is 293 g/mol. The molecule has 0 saturated heterocycles. The maximum Gasteiger partial charge on any atom is 0.0971 e. The number of hydrogen-bond donors (Lipinski definition) is 1. The van der Waals surface area contributed by atoms with Crippen molar-refractivity contribution in [3.63, 3.8) is 0 Å². The van der Waals surface area contributed by atoms with Crippen LogP contribution in [0.15, 0.2) is 36.5 Å². The summed E-state index contributed by atoms with van der Waals surface area (Å²) in [5.41, 5.74) is 2.05. The zero-order chi connectivity index (χ0) is 14.4. The Balaban J connectivity index is 1.91. The molecule has 0 spiro atoms. The molecule has 2 rings (SSSR count). The van der Waals surface area contributed by atoms with E-state index in [1.54, 1.807) is 6.20 Å². The van der Waals surface area contributed by atoms with Gasteiger partial charge in [0.15, 0.2) is 0 Å². The van der Waals surface area contributed by atoms with Gasteiger partial charge in [0, 0.05) is 6.54 Å². The first-order chi connectivity index (χ1) is 9.72. The molecule has 0 bridgehead atoms. The highest BCUT2D eigenvalue weighted by Gasteiger charge is 2.17. The van der Waals surface area contributed by atoms with E-state index in [9.17, 15) is 5.11 Å². The van der Waals surface area contributed by atoms with E-state index in [0.717, 1.165) is 31.5 Å². The largest absolute Gasteiger partial charge is 0.387 e. The Bertz CT molecular complexity index is 525. The molecule has 1 aromatic heterocycles. The summed E-state index contributed by atoms with van der Waals surface area (Å²) < 4.78 is 1.81. The van der Waals surface area contributed by atoms with Crippen LogP contribution in [0.2, 0.25) is 5.02 Å². The number of halogens is 1. The summed E-state index contributed by atoms with van der Waals surface area (Å²) in [7, 11) is 0. The average Bonchev–Trinajstić information content (AvgIpc) is 2.81. The zero-order valence-electron chi connectivity index (χ0n) is 11.8. The van der Waals surface area contributed by atoms with E-state index < -0.39 is 6.10 Å². The second kappa shape index (κ2) is 7.46. The third-order valence-electron chi connectivity index (χ3n) is 3.37. The maximum atomic E-state index is 10.3. The van der Waals surface area contributed by atoms with Gasteiger partial charge in [0.25, 0.3) is 0 Å². The monoisotopic (exact) mass is 292 g/mol. The van der Waals surface area contributed by atoms with Crippen molar-refractivity contribution in [3.05, 3.63) is 52.8 Å². The van der Waals surface area contributed by atoms with Gasteiger partial charge in [-0.05, 0) is 31.2 Å². The number of aromatic nitrogens is 2. The van der Waals surface area contributed by atoms with Gasteiger partial charge >= 0.3 is 0 Å². The summed E-state index contributed by atoms with van der Waals surface area (Å²) in [6, 6.07) is 10.3. The minimum Gasteiger partial charge on any atom is -0.387 e. The number of hydrogen-bond acceptors (Lipinski definition) is 2. The number of rotatable bonds is 7. The fourth-order valence-corrected chi connectivity index (χ4v) is 2.64. The van der Waals surface area contributed by atoms with E-state index in [2.05, 4.69) is 24.2 Å². The number of benzene rings is 1. The topological polar surface area (TPSA) is 38.0 Å². The van der Waals surface area contributed by atoms with Crippen LogP contribution in [0, 0.1) is 0 Å². The van der Waals surface area contributed by atoms with Crippen molar-refractivity contribution in [3.8, 4) is 0 Å². The zero-order valence-corrected chi connectivity index (χ0v) is 12.6. The van der Waals surface area contributed by atoms with Gasteiger partial charge in [-0.25, -0.2) is 0 Å². The summed E-state index contributed by atoms with van der Waals surface area (Å²) >= 11 is 6.13. The normalized spacial score (nSPS) is 12.6. The summed E-state index contributed by atoms with van der Waals surface area (Å²) in [5.74, 6) is 0. The second-order valence-electron chi connectivity index (χ2n) is 4.99. The van der Waals surface area contributed by atoms with E-state index in [0.29, 0.717) is 11.4 Å². The Morgan fingerprint density at radius 1 is 1.30 bits per heavy atom. The van der Waals surface area contributed by atoms with Gasteiger partial charge in [-0.3, -0.25) is 4.68 Å². The van der Waals surface area contributed by atoms with Crippen LogP contribution in [0.3, 0.4) is 0 Å². The van der Waals surface area contributed by atoms with Crippen molar-refractivity contribution in [2.45, 2.75) is 45.3 Å². The molecule has 1 heterocycles. The Morgan fingerprint density at radius 3 is 2.75 bits per heavy atom. The fourth-order valence-electron chi connectivity index (χ4n) is 2.37. The van der Waals surface area contributed by atoms with Crippen LogP contribution in [0.1, 0.15) is 43.5 Å². The van der Waals surface area contributed by atoms with Crippen molar-refractivity contribution in [2.24, 2.45) is 0 Å². The minimum absolute atomic E-state index is 0.541. The first-order valence-electron chi connectivity index (χ1n) is 7.15. The number of nitrogens with zero attached hydrogens (tertiary/aromatic N) is 2. The molecule has 1 aromatic carbocycles. The molecule has 0 fully saturated rings. The summed E-state index contributed by atoms with van der Waals surface area (Å²) in [5, 5.41) is 15.1. The van der Waals surface area contributed by atoms with Crippen LogP contribution in [0.5, 0.6) is 0 Å². The van der Waals surface area contributed by atoms with Gasteiger partial charge in [-0.15, -0.1) is 0 Å². The van der Waals surface area contributed by atoms with E-state index in [1.165, 1.54) is 5.56 Å². The van der Waals surface area contributed by atoms with Crippen LogP contribution in [0.25, 0.3) is 0 Å². The van der Waals surface area contributed by atoms with E-state index in [-0.39, 0.29) is 0 Å². The highest BCUT2D eigenvalue weighted by atomic mass is 35.5. The van der Waals surface area contributed by atoms with E-state index in [4.69, 9.17) is 11.6 Å². The smallest absolute Gasteiger partial charge is 0.0971 e. The molecule has 20 heavy (non-hydrogen) atoms. The molecule has 0 aliphatic rings. The van der Waals surface area contributed by atoms with Crippen LogP contribution in [-0.4, -0.2) is 14.9 Å². The molecule has 1 atom stereocenters. The number of aliphatic hydroxyl groups excluding tert-OH is 1. The SMILES string of the molecule is CCCn1ncc(Cl)c1C(O)CCCc1ccccc1. The van der Waals surface area contributed by atoms with Gasteiger partial charge in [-0.2, -0.15) is 5.10 Å². The van der Waals surface area contributed by atoms with Crippen LogP contribution < -0.4 is 0 Å². The molecule has 2 aromatic rings. The Kier molecular flexibility index (Phi) is 5.62. The van der Waals surface area contributed by atoms with Crippen molar-refractivity contribution in [1.29, 1.82) is 0 Å². The lowest BCUT2D eigenvalue weighted by molar-refractivity contribution is 0.153. The number of aliphatic hydroxyl groups is 1. The van der Waals surface area contributed by atoms with Crippen molar-refractivity contribution >= 4 is 11.6 Å². The van der Waals surface area contributed by atoms with Gasteiger partial charge < -0.3 is 5.11 Å². The van der Waals surface area contributed by atoms with Crippen molar-refractivity contribution < 1.29 is 5.11 Å². The highest BCUT2D eigenvalue weighted by molar-refractivity contribution is 6.31. The third-order valence-corrected chi connectivity index (χ3v) is 3.66. The molecule has 0 radical (unpaired) electrons. The molecule has 1 unspecified atom stereocenters. The van der Waals surface area contributed by atoms with Crippen LogP contribution >= 0.6 is 11.6 Å². The van der Waals surface area contributed by atoms with E-state index >= 15 is 0 Å². The molecule has 1 N–H and O–H groups in total. The summed E-state index contributed by atoms with van der Waals surface area (Å²) in [6.07, 6.45) is 4.65. The molecule has 3 nitrogen and oxygen atoms in total. The number of aryl methyl sites for hydroxylation is 2. The third kappa shape index (κ3) is 3.84. The lowest BCUT2D eigenvalue weighted by atomic mass is 10.0. The van der Waals surface area contributed by atoms with Crippen molar-refractivity contribution in [2.75, 3.05) is 0 Å². The first-order valence-corrected chi connectivity index (χ1v) is 7.53. The second-order valence-corrected chi connectivity index (χ2v) is 5.40. The molecule has 0 aliphatic heterocycles. The quantitative estimate of drug-likeness (QED) is 0.837. The molecule has 108 valence electrons. The van der Waals surface area contributed by atoms with Gasteiger partial charge in [0.05, 0.1) is 23.0 Å². The summed E-state index contributed by atoms with van der Waals surface area (Å²) in [4.78, 5) is 0. The predicted octanol–water partition coefficient (Wildman–Crippen LogP) is 4.00. The molecular formula is C16H21ClN2O.